The van der Waals surface area contributed by atoms with Gasteiger partial charge in [0.1, 0.15) is 0 Å². The summed E-state index contributed by atoms with van der Waals surface area (Å²) in [5.74, 6) is 0.0218. The molecule has 1 N–H and O–H groups in total. The maximum atomic E-state index is 12.1. The van der Waals surface area contributed by atoms with Crippen molar-refractivity contribution in [1.82, 2.24) is 0 Å². The Hall–Kier alpha value is -1.74. The predicted octanol–water partition coefficient (Wildman–Crippen LogP) is 4.68. The minimum Gasteiger partial charge on any atom is -0.326 e. The summed E-state index contributed by atoms with van der Waals surface area (Å²) in [6.45, 7) is 6.34. The van der Waals surface area contributed by atoms with E-state index in [1.54, 1.807) is 0 Å². The summed E-state index contributed by atoms with van der Waals surface area (Å²) in [5, 5.41) is 3.53. The molecule has 0 radical (unpaired) electrons. The Balaban J connectivity index is 1.95. The number of amides is 1. The number of hydrogen-bond acceptors (Lipinski definition) is 2. The third kappa shape index (κ3) is 4.94. The molecule has 2 aromatic carbocycles. The quantitative estimate of drug-likeness (QED) is 0.812. The summed E-state index contributed by atoms with van der Waals surface area (Å²) in [7, 11) is 0. The second kappa shape index (κ2) is 7.32. The van der Waals surface area contributed by atoms with Crippen LogP contribution >= 0.6 is 11.8 Å². The third-order valence-corrected chi connectivity index (χ3v) is 4.09. The maximum absolute atomic E-state index is 12.1. The van der Waals surface area contributed by atoms with Gasteiger partial charge in [0.2, 0.25) is 5.91 Å². The maximum Gasteiger partial charge on any atom is 0.228 e. The molecule has 0 spiro atoms. The normalized spacial score (nSPS) is 10.7. The molecule has 0 aliphatic heterocycles. The average molecular weight is 299 g/mol. The Labute approximate surface area is 131 Å². The summed E-state index contributed by atoms with van der Waals surface area (Å²) in [6.07, 6.45) is 0.404. The van der Waals surface area contributed by atoms with Crippen LogP contribution in [0.15, 0.2) is 53.4 Å². The van der Waals surface area contributed by atoms with E-state index in [1.165, 1.54) is 4.90 Å². The smallest absolute Gasteiger partial charge is 0.228 e. The molecule has 2 rings (SSSR count). The molecule has 3 heteroatoms. The van der Waals surface area contributed by atoms with Crippen molar-refractivity contribution in [1.29, 1.82) is 0 Å². The highest BCUT2D eigenvalue weighted by Crippen LogP contribution is 2.23. The topological polar surface area (TPSA) is 29.1 Å². The first-order valence-corrected chi connectivity index (χ1v) is 8.03. The third-order valence-electron chi connectivity index (χ3n) is 3.08. The molecule has 2 aromatic rings. The molecule has 0 aliphatic carbocycles. The van der Waals surface area contributed by atoms with Gasteiger partial charge in [0.05, 0.1) is 6.42 Å². The van der Waals surface area contributed by atoms with Crippen molar-refractivity contribution < 1.29 is 4.79 Å². The van der Waals surface area contributed by atoms with Gasteiger partial charge in [-0.2, -0.15) is 0 Å². The van der Waals surface area contributed by atoms with Gasteiger partial charge in [0, 0.05) is 15.8 Å². The Kier molecular flexibility index (Phi) is 5.45. The summed E-state index contributed by atoms with van der Waals surface area (Å²) >= 11 is 1.83. The Bertz CT molecular complexity index is 605. The van der Waals surface area contributed by atoms with Crippen LogP contribution < -0.4 is 5.32 Å². The molecule has 110 valence electrons. The van der Waals surface area contributed by atoms with Crippen molar-refractivity contribution in [2.75, 3.05) is 5.32 Å². The molecule has 0 unspecified atom stereocenters. The fourth-order valence-electron chi connectivity index (χ4n) is 2.05. The van der Waals surface area contributed by atoms with E-state index < -0.39 is 0 Å². The second-order valence-corrected chi connectivity index (χ2v) is 7.00. The van der Waals surface area contributed by atoms with Crippen LogP contribution in [0.4, 0.5) is 5.69 Å². The van der Waals surface area contributed by atoms with Gasteiger partial charge in [0.15, 0.2) is 0 Å². The van der Waals surface area contributed by atoms with Crippen LogP contribution in [0.1, 0.15) is 25.0 Å². The van der Waals surface area contributed by atoms with Crippen molar-refractivity contribution in [2.24, 2.45) is 0 Å². The molecule has 0 fully saturated rings. The fraction of sp³-hybridized carbons (Fsp3) is 0.278. The van der Waals surface area contributed by atoms with Crippen LogP contribution in [-0.4, -0.2) is 11.2 Å². The average Bonchev–Trinajstić information content (AvgIpc) is 2.43. The first-order chi connectivity index (χ1) is 10.0. The van der Waals surface area contributed by atoms with Crippen molar-refractivity contribution in [3.8, 4) is 0 Å². The van der Waals surface area contributed by atoms with Crippen molar-refractivity contribution in [2.45, 2.75) is 37.3 Å². The molecule has 0 heterocycles. The standard InChI is InChI=1S/C18H21NOS/c1-13(2)21-16-10-8-15(9-11-16)12-18(20)19-17-7-5-4-6-14(17)3/h4-11,13H,12H2,1-3H3,(H,19,20). The molecular formula is C18H21NOS. The molecule has 1 amide bonds. The van der Waals surface area contributed by atoms with E-state index in [1.807, 2.05) is 55.1 Å². The Morgan fingerprint density at radius 2 is 1.76 bits per heavy atom. The molecular weight excluding hydrogens is 278 g/mol. The number of anilines is 1. The van der Waals surface area contributed by atoms with E-state index in [-0.39, 0.29) is 5.91 Å². The van der Waals surface area contributed by atoms with Crippen LogP contribution in [0.2, 0.25) is 0 Å². The van der Waals surface area contributed by atoms with Crippen LogP contribution in [0.25, 0.3) is 0 Å². The van der Waals surface area contributed by atoms with Crippen LogP contribution in [0.3, 0.4) is 0 Å². The van der Waals surface area contributed by atoms with Crippen molar-refractivity contribution in [3.05, 3.63) is 59.7 Å². The first-order valence-electron chi connectivity index (χ1n) is 7.15. The Morgan fingerprint density at radius 3 is 2.38 bits per heavy atom. The number of nitrogens with one attached hydrogen (secondary N) is 1. The van der Waals surface area contributed by atoms with E-state index >= 15 is 0 Å². The lowest BCUT2D eigenvalue weighted by Crippen LogP contribution is -2.15. The van der Waals surface area contributed by atoms with E-state index in [0.717, 1.165) is 16.8 Å². The molecule has 0 atom stereocenters. The minimum atomic E-state index is 0.0218. The number of para-hydroxylation sites is 1. The number of carbonyl (C=O) groups is 1. The fourth-order valence-corrected chi connectivity index (χ4v) is 2.89. The van der Waals surface area contributed by atoms with Crippen molar-refractivity contribution in [3.63, 3.8) is 0 Å². The van der Waals surface area contributed by atoms with E-state index in [0.29, 0.717) is 11.7 Å². The molecule has 0 saturated heterocycles. The summed E-state index contributed by atoms with van der Waals surface area (Å²) in [4.78, 5) is 13.3. The van der Waals surface area contributed by atoms with Gasteiger partial charge in [-0.1, -0.05) is 44.2 Å². The predicted molar refractivity (Wildman–Crippen MR) is 90.9 cm³/mol. The highest BCUT2D eigenvalue weighted by Gasteiger charge is 2.06. The van der Waals surface area contributed by atoms with Gasteiger partial charge in [0.25, 0.3) is 0 Å². The van der Waals surface area contributed by atoms with Crippen LogP contribution in [0.5, 0.6) is 0 Å². The summed E-state index contributed by atoms with van der Waals surface area (Å²) < 4.78 is 0. The molecule has 0 saturated carbocycles. The lowest BCUT2D eigenvalue weighted by molar-refractivity contribution is -0.115. The van der Waals surface area contributed by atoms with Crippen molar-refractivity contribution >= 4 is 23.4 Å². The number of benzene rings is 2. The highest BCUT2D eigenvalue weighted by atomic mass is 32.2. The monoisotopic (exact) mass is 299 g/mol. The minimum absolute atomic E-state index is 0.0218. The summed E-state index contributed by atoms with van der Waals surface area (Å²) in [6, 6.07) is 16.0. The van der Waals surface area contributed by atoms with E-state index in [4.69, 9.17) is 0 Å². The Morgan fingerprint density at radius 1 is 1.10 bits per heavy atom. The molecule has 0 bridgehead atoms. The van der Waals surface area contributed by atoms with Gasteiger partial charge in [-0.25, -0.2) is 0 Å². The molecule has 0 aliphatic rings. The van der Waals surface area contributed by atoms with E-state index in [2.05, 4.69) is 31.3 Å². The first kappa shape index (κ1) is 15.6. The van der Waals surface area contributed by atoms with Crippen LogP contribution in [-0.2, 0) is 11.2 Å². The zero-order valence-corrected chi connectivity index (χ0v) is 13.5. The number of carbonyl (C=O) groups excluding carboxylic acids is 1. The second-order valence-electron chi connectivity index (χ2n) is 5.35. The van der Waals surface area contributed by atoms with Gasteiger partial charge >= 0.3 is 0 Å². The molecule has 2 nitrogen and oxygen atoms in total. The van der Waals surface area contributed by atoms with Gasteiger partial charge in [-0.3, -0.25) is 4.79 Å². The number of thioether (sulfide) groups is 1. The zero-order chi connectivity index (χ0) is 15.2. The van der Waals surface area contributed by atoms with Gasteiger partial charge < -0.3 is 5.32 Å². The van der Waals surface area contributed by atoms with Gasteiger partial charge in [-0.15, -0.1) is 11.8 Å². The van der Waals surface area contributed by atoms with Crippen LogP contribution in [0, 0.1) is 6.92 Å². The van der Waals surface area contributed by atoms with E-state index in [9.17, 15) is 4.79 Å². The largest absolute Gasteiger partial charge is 0.326 e. The lowest BCUT2D eigenvalue weighted by Gasteiger charge is -2.09. The lowest BCUT2D eigenvalue weighted by atomic mass is 10.1. The summed E-state index contributed by atoms with van der Waals surface area (Å²) in [5.41, 5.74) is 3.00. The number of hydrogen-bond donors (Lipinski definition) is 1. The molecule has 21 heavy (non-hydrogen) atoms. The SMILES string of the molecule is Cc1ccccc1NC(=O)Cc1ccc(SC(C)C)cc1. The highest BCUT2D eigenvalue weighted by molar-refractivity contribution is 7.99. The zero-order valence-electron chi connectivity index (χ0n) is 12.7. The number of rotatable bonds is 5. The molecule has 0 aromatic heterocycles. The van der Waals surface area contributed by atoms with Gasteiger partial charge in [-0.05, 0) is 36.2 Å². The number of aryl methyl sites for hydroxylation is 1.